The van der Waals surface area contributed by atoms with Crippen molar-refractivity contribution in [3.05, 3.63) is 40.9 Å². The summed E-state index contributed by atoms with van der Waals surface area (Å²) in [4.78, 5) is 16.0. The van der Waals surface area contributed by atoms with Crippen LogP contribution < -0.4 is 0 Å². The number of halogens is 1. The number of rotatable bonds is 1. The summed E-state index contributed by atoms with van der Waals surface area (Å²) in [6.07, 6.45) is 1.55. The summed E-state index contributed by atoms with van der Waals surface area (Å²) in [6.45, 7) is 0. The third kappa shape index (κ3) is 1.62. The second kappa shape index (κ2) is 3.78. The molecule has 0 fully saturated rings. The number of thioether (sulfide) groups is 1. The van der Waals surface area contributed by atoms with Crippen molar-refractivity contribution < 1.29 is 9.90 Å². The Kier molecular flexibility index (Phi) is 2.38. The summed E-state index contributed by atoms with van der Waals surface area (Å²) < 4.78 is 1.81. The highest BCUT2D eigenvalue weighted by atomic mass is 35.5. The number of nitrogens with zero attached hydrogens (tertiary/aromatic N) is 2. The molecule has 0 radical (unpaired) electrons. The summed E-state index contributed by atoms with van der Waals surface area (Å²) in [7, 11) is 0. The van der Waals surface area contributed by atoms with Crippen molar-refractivity contribution in [3.63, 3.8) is 0 Å². The van der Waals surface area contributed by atoms with Crippen molar-refractivity contribution in [1.82, 2.24) is 9.55 Å². The van der Waals surface area contributed by atoms with Crippen LogP contribution in [0.3, 0.4) is 0 Å². The summed E-state index contributed by atoms with van der Waals surface area (Å²) in [5.41, 5.74) is 1.77. The Hall–Kier alpha value is -1.46. The minimum Gasteiger partial charge on any atom is -0.476 e. The van der Waals surface area contributed by atoms with Crippen LogP contribution in [0.4, 0.5) is 0 Å². The Morgan fingerprint density at radius 2 is 2.35 bits per heavy atom. The first kappa shape index (κ1) is 10.7. The van der Waals surface area contributed by atoms with Crippen LogP contribution in [0.5, 0.6) is 0 Å². The van der Waals surface area contributed by atoms with Gasteiger partial charge in [-0.15, -0.1) is 11.8 Å². The number of aromatic nitrogens is 2. The smallest absolute Gasteiger partial charge is 0.356 e. The van der Waals surface area contributed by atoms with Gasteiger partial charge in [-0.05, 0) is 18.2 Å². The van der Waals surface area contributed by atoms with E-state index in [1.807, 2.05) is 16.7 Å². The molecule has 1 aromatic carbocycles. The van der Waals surface area contributed by atoms with E-state index in [2.05, 4.69) is 4.98 Å². The molecule has 2 heterocycles. The number of aromatic carboxylic acids is 1. The Labute approximate surface area is 106 Å². The number of hydrogen-bond donors (Lipinski definition) is 1. The zero-order valence-electron chi connectivity index (χ0n) is 8.55. The van der Waals surface area contributed by atoms with E-state index < -0.39 is 5.97 Å². The maximum Gasteiger partial charge on any atom is 0.356 e. The monoisotopic (exact) mass is 266 g/mol. The predicted octanol–water partition coefficient (Wildman–Crippen LogP) is 2.83. The van der Waals surface area contributed by atoms with Crippen molar-refractivity contribution in [1.29, 1.82) is 0 Å². The van der Waals surface area contributed by atoms with E-state index in [1.54, 1.807) is 24.2 Å². The third-order valence-electron chi connectivity index (χ3n) is 2.61. The van der Waals surface area contributed by atoms with Gasteiger partial charge in [-0.3, -0.25) is 0 Å². The van der Waals surface area contributed by atoms with E-state index in [0.717, 1.165) is 16.3 Å². The van der Waals surface area contributed by atoms with E-state index in [0.29, 0.717) is 10.8 Å². The van der Waals surface area contributed by atoms with Gasteiger partial charge in [0.1, 0.15) is 6.33 Å². The number of carboxylic acid groups (broad SMARTS) is 1. The summed E-state index contributed by atoms with van der Waals surface area (Å²) in [6, 6.07) is 5.54. The standard InChI is InChI=1S/C11H7ClN2O2S/c12-6-1-2-7-9(3-6)17-4-8-10(11(15)16)13-5-14(7)8/h1-3,5H,4H2,(H,15,16). The summed E-state index contributed by atoms with van der Waals surface area (Å²) >= 11 is 7.50. The van der Waals surface area contributed by atoms with Gasteiger partial charge in [0.2, 0.25) is 0 Å². The normalized spacial score (nSPS) is 13.0. The molecule has 0 atom stereocenters. The fourth-order valence-corrected chi connectivity index (χ4v) is 3.18. The average Bonchev–Trinajstić information content (AvgIpc) is 2.72. The topological polar surface area (TPSA) is 55.1 Å². The first-order valence-electron chi connectivity index (χ1n) is 4.89. The minimum absolute atomic E-state index is 0.123. The molecule has 1 aliphatic rings. The number of benzene rings is 1. The minimum atomic E-state index is -0.989. The molecule has 1 aromatic heterocycles. The first-order valence-corrected chi connectivity index (χ1v) is 6.25. The molecule has 0 bridgehead atoms. The molecule has 0 spiro atoms. The van der Waals surface area contributed by atoms with Gasteiger partial charge in [-0.1, -0.05) is 11.6 Å². The molecular formula is C11H7ClN2O2S. The van der Waals surface area contributed by atoms with E-state index in [1.165, 1.54) is 0 Å². The van der Waals surface area contributed by atoms with Gasteiger partial charge in [-0.2, -0.15) is 0 Å². The lowest BCUT2D eigenvalue weighted by Crippen LogP contribution is -2.09. The highest BCUT2D eigenvalue weighted by Crippen LogP contribution is 2.37. The molecule has 2 aromatic rings. The molecule has 1 N–H and O–H groups in total. The van der Waals surface area contributed by atoms with Gasteiger partial charge < -0.3 is 9.67 Å². The molecule has 0 amide bonds. The van der Waals surface area contributed by atoms with Crippen molar-refractivity contribution in [2.75, 3.05) is 0 Å². The average molecular weight is 267 g/mol. The molecule has 3 rings (SSSR count). The molecule has 0 unspecified atom stereocenters. The van der Waals surface area contributed by atoms with Crippen molar-refractivity contribution >= 4 is 29.3 Å². The molecule has 6 heteroatoms. The molecule has 86 valence electrons. The number of imidazole rings is 1. The largest absolute Gasteiger partial charge is 0.476 e. The third-order valence-corrected chi connectivity index (χ3v) is 3.91. The molecular weight excluding hydrogens is 260 g/mol. The second-order valence-electron chi connectivity index (χ2n) is 3.62. The van der Waals surface area contributed by atoms with E-state index in [4.69, 9.17) is 16.7 Å². The van der Waals surface area contributed by atoms with Crippen LogP contribution in [0.1, 0.15) is 16.2 Å². The maximum atomic E-state index is 11.0. The Morgan fingerprint density at radius 1 is 1.53 bits per heavy atom. The SMILES string of the molecule is O=C(O)c1ncn2c1CSc1cc(Cl)ccc1-2. The zero-order valence-corrected chi connectivity index (χ0v) is 10.1. The molecule has 0 saturated heterocycles. The zero-order chi connectivity index (χ0) is 12.0. The first-order chi connectivity index (χ1) is 8.16. The van der Waals surface area contributed by atoms with E-state index in [9.17, 15) is 4.79 Å². The molecule has 1 aliphatic heterocycles. The lowest BCUT2D eigenvalue weighted by Gasteiger charge is -2.18. The fraction of sp³-hybridized carbons (Fsp3) is 0.0909. The maximum absolute atomic E-state index is 11.0. The van der Waals surface area contributed by atoms with Gasteiger partial charge in [0.15, 0.2) is 5.69 Å². The summed E-state index contributed by atoms with van der Waals surface area (Å²) in [5.74, 6) is -0.397. The van der Waals surface area contributed by atoms with Crippen LogP contribution in [0.15, 0.2) is 29.4 Å². The highest BCUT2D eigenvalue weighted by molar-refractivity contribution is 7.98. The van der Waals surface area contributed by atoms with Gasteiger partial charge in [0.05, 0.1) is 11.4 Å². The number of carbonyl (C=O) groups is 1. The number of hydrogen-bond acceptors (Lipinski definition) is 3. The van der Waals surface area contributed by atoms with Crippen LogP contribution in [0, 0.1) is 0 Å². The van der Waals surface area contributed by atoms with Crippen molar-refractivity contribution in [2.45, 2.75) is 10.6 Å². The van der Waals surface area contributed by atoms with Crippen LogP contribution >= 0.6 is 23.4 Å². The lowest BCUT2D eigenvalue weighted by molar-refractivity contribution is 0.0690. The molecule has 17 heavy (non-hydrogen) atoms. The summed E-state index contributed by atoms with van der Waals surface area (Å²) in [5, 5.41) is 9.69. The van der Waals surface area contributed by atoms with Gasteiger partial charge in [-0.25, -0.2) is 9.78 Å². The Morgan fingerprint density at radius 3 is 3.12 bits per heavy atom. The van der Waals surface area contributed by atoms with Gasteiger partial charge in [0.25, 0.3) is 0 Å². The molecule has 0 saturated carbocycles. The van der Waals surface area contributed by atoms with Gasteiger partial charge >= 0.3 is 5.97 Å². The Bertz CT molecular complexity index is 624. The van der Waals surface area contributed by atoms with Gasteiger partial charge in [0, 0.05) is 15.7 Å². The Balaban J connectivity index is 2.21. The van der Waals surface area contributed by atoms with Crippen LogP contribution in [0.2, 0.25) is 5.02 Å². The number of carboxylic acids is 1. The second-order valence-corrected chi connectivity index (χ2v) is 5.07. The van der Waals surface area contributed by atoms with E-state index in [-0.39, 0.29) is 5.69 Å². The predicted molar refractivity (Wildman–Crippen MR) is 65.1 cm³/mol. The number of fused-ring (bicyclic) bond motifs is 3. The van der Waals surface area contributed by atoms with E-state index >= 15 is 0 Å². The van der Waals surface area contributed by atoms with Crippen LogP contribution in [-0.2, 0) is 5.75 Å². The molecule has 4 nitrogen and oxygen atoms in total. The quantitative estimate of drug-likeness (QED) is 0.862. The molecule has 0 aliphatic carbocycles. The lowest BCUT2D eigenvalue weighted by atomic mass is 10.2. The van der Waals surface area contributed by atoms with Crippen molar-refractivity contribution in [2.24, 2.45) is 0 Å². The van der Waals surface area contributed by atoms with Crippen LogP contribution in [0.25, 0.3) is 5.69 Å². The highest BCUT2D eigenvalue weighted by Gasteiger charge is 2.23. The van der Waals surface area contributed by atoms with Crippen LogP contribution in [-0.4, -0.2) is 20.6 Å². The fourth-order valence-electron chi connectivity index (χ4n) is 1.85. The van der Waals surface area contributed by atoms with Crippen molar-refractivity contribution in [3.8, 4) is 5.69 Å².